The first-order chi connectivity index (χ1) is 16.3. The summed E-state index contributed by atoms with van der Waals surface area (Å²) in [5.74, 6) is 6.71. The van der Waals surface area contributed by atoms with Crippen LogP contribution in [-0.4, -0.2) is 41.5 Å². The molecule has 11 heteroatoms. The minimum absolute atomic E-state index is 0. The molecule has 0 atom stereocenters. The maximum atomic E-state index is 13.0. The van der Waals surface area contributed by atoms with Gasteiger partial charge in [-0.05, 0) is 24.5 Å². The molecule has 1 aliphatic rings. The zero-order chi connectivity index (χ0) is 24.7. The number of benzene rings is 1. The van der Waals surface area contributed by atoms with Crippen LogP contribution in [0.5, 0.6) is 5.75 Å². The number of hydrogen-bond donors (Lipinski definition) is 0. The van der Waals surface area contributed by atoms with Crippen LogP contribution in [0, 0.1) is 23.3 Å². The summed E-state index contributed by atoms with van der Waals surface area (Å²) in [6, 6.07) is 5.76. The van der Waals surface area contributed by atoms with Crippen LogP contribution >= 0.6 is 11.3 Å². The average molecular weight is 541 g/mol. The minimum Gasteiger partial charge on any atom is -0.496 e. The Balaban J connectivity index is 0.000000326. The smallest absolute Gasteiger partial charge is 0.496 e. The summed E-state index contributed by atoms with van der Waals surface area (Å²) < 4.78 is 31.1. The molecular formula is C24H20F2N4NiO3S. The van der Waals surface area contributed by atoms with Crippen molar-refractivity contribution in [1.29, 1.82) is 0 Å². The maximum absolute atomic E-state index is 13.0. The van der Waals surface area contributed by atoms with Gasteiger partial charge in [-0.2, -0.15) is 6.07 Å². The first-order valence-corrected chi connectivity index (χ1v) is 11.0. The Morgan fingerprint density at radius 1 is 1.31 bits per heavy atom. The number of hydrogen-bond acceptors (Lipinski definition) is 7. The summed E-state index contributed by atoms with van der Waals surface area (Å²) >= 11 is 1.37. The molecule has 1 aromatic carbocycles. The topological polar surface area (TPSA) is 85.3 Å². The van der Waals surface area contributed by atoms with Crippen molar-refractivity contribution in [2.45, 2.75) is 26.2 Å². The van der Waals surface area contributed by atoms with Crippen LogP contribution in [0.1, 0.15) is 42.5 Å². The van der Waals surface area contributed by atoms with Crippen molar-refractivity contribution in [2.24, 2.45) is 5.92 Å². The fourth-order valence-corrected chi connectivity index (χ4v) is 3.14. The number of methoxy groups -OCH3 is 1. The molecule has 0 N–H and O–H groups in total. The molecule has 0 bridgehead atoms. The molecule has 0 unspecified atom stereocenters. The molecule has 0 radical (unpaired) electrons. The third-order valence-electron chi connectivity index (χ3n) is 4.88. The summed E-state index contributed by atoms with van der Waals surface area (Å²) in [7, 11) is 2.94. The van der Waals surface area contributed by atoms with Gasteiger partial charge in [0.15, 0.2) is 0 Å². The summed E-state index contributed by atoms with van der Waals surface area (Å²) in [6.07, 6.45) is 2.70. The van der Waals surface area contributed by atoms with Gasteiger partial charge >= 0.3 is 16.5 Å². The minimum atomic E-state index is -2.76. The molecule has 1 aliphatic carbocycles. The van der Waals surface area contributed by atoms with Crippen molar-refractivity contribution in [2.75, 3.05) is 19.1 Å². The third-order valence-corrected chi connectivity index (χ3v) is 5.43. The van der Waals surface area contributed by atoms with E-state index in [-0.39, 0.29) is 39.3 Å². The standard InChI is InChI=1S/C17H15F2N2O3.C7H5N2S.Ni/c1-10(23)21(2)12-5-4-11(9-22)13(6-12)14-7-15(17(18)19)20-8-16(14)24-3;1-2-6(1)3-4-7-9-8-5-10-7;/h4-8,17H,1-3H3;6H,1-2H2;/q2*-1;+2. The quantitative estimate of drug-likeness (QED) is 0.273. The fraction of sp³-hybridized carbons (Fsp3) is 0.292. The van der Waals surface area contributed by atoms with Crippen molar-refractivity contribution in [3.05, 3.63) is 52.2 Å². The summed E-state index contributed by atoms with van der Waals surface area (Å²) in [6.45, 7) is 1.39. The second-order valence-corrected chi connectivity index (χ2v) is 8.04. The normalized spacial score (nSPS) is 11.8. The molecule has 1 amide bonds. The van der Waals surface area contributed by atoms with Gasteiger partial charge in [-0.15, -0.1) is 23.0 Å². The Hall–Kier alpha value is -3.22. The Morgan fingerprint density at radius 2 is 2.06 bits per heavy atom. The number of aromatic nitrogens is 3. The van der Waals surface area contributed by atoms with Gasteiger partial charge in [0.1, 0.15) is 11.4 Å². The van der Waals surface area contributed by atoms with Gasteiger partial charge in [-0.3, -0.25) is 14.9 Å². The molecule has 2 heterocycles. The molecule has 3 aromatic rings. The number of alkyl halides is 2. The number of halogens is 2. The second kappa shape index (κ2) is 13.0. The van der Waals surface area contributed by atoms with E-state index < -0.39 is 12.1 Å². The van der Waals surface area contributed by atoms with Crippen LogP contribution in [0.3, 0.4) is 0 Å². The van der Waals surface area contributed by atoms with Crippen LogP contribution in [0.2, 0.25) is 0 Å². The number of carbonyl (C=O) groups is 1. The van der Waals surface area contributed by atoms with Crippen LogP contribution < -0.4 is 9.64 Å². The van der Waals surface area contributed by atoms with E-state index in [0.29, 0.717) is 17.2 Å². The fourth-order valence-electron chi connectivity index (χ4n) is 2.78. The van der Waals surface area contributed by atoms with E-state index >= 15 is 0 Å². The molecule has 35 heavy (non-hydrogen) atoms. The molecule has 0 aliphatic heterocycles. The Labute approximate surface area is 215 Å². The summed E-state index contributed by atoms with van der Waals surface area (Å²) in [5, 5.41) is 8.10. The Morgan fingerprint density at radius 3 is 2.60 bits per heavy atom. The van der Waals surface area contributed by atoms with Gasteiger partial charge in [-0.25, -0.2) is 13.9 Å². The van der Waals surface area contributed by atoms with Gasteiger partial charge in [0, 0.05) is 30.6 Å². The zero-order valence-corrected chi connectivity index (χ0v) is 20.8. The molecule has 0 saturated heterocycles. The van der Waals surface area contributed by atoms with Crippen LogP contribution in [0.25, 0.3) is 11.1 Å². The predicted molar refractivity (Wildman–Crippen MR) is 123 cm³/mol. The number of pyridine rings is 1. The van der Waals surface area contributed by atoms with Crippen LogP contribution in [-0.2, 0) is 26.1 Å². The van der Waals surface area contributed by atoms with Crippen LogP contribution in [0.4, 0.5) is 14.5 Å². The zero-order valence-electron chi connectivity index (χ0n) is 18.9. The third kappa shape index (κ3) is 7.64. The van der Waals surface area contributed by atoms with E-state index in [0.717, 1.165) is 11.1 Å². The number of nitrogens with zero attached hydrogens (tertiary/aromatic N) is 4. The van der Waals surface area contributed by atoms with E-state index in [1.165, 1.54) is 55.4 Å². The number of anilines is 1. The summed E-state index contributed by atoms with van der Waals surface area (Å²) in [4.78, 5) is 27.8. The number of carbonyl (C=O) groups excluding carboxylic acids is 2. The van der Waals surface area contributed by atoms with Gasteiger partial charge < -0.3 is 25.8 Å². The monoisotopic (exact) mass is 540 g/mol. The molecule has 0 spiro atoms. The van der Waals surface area contributed by atoms with Crippen molar-refractivity contribution in [1.82, 2.24) is 15.2 Å². The Bertz CT molecular complexity index is 1230. The average Bonchev–Trinajstić information content (AvgIpc) is 3.54. The van der Waals surface area contributed by atoms with Gasteiger partial charge in [0.05, 0.1) is 19.6 Å². The molecule has 1 fully saturated rings. The maximum Gasteiger partial charge on any atom is 2.00 e. The molecule has 184 valence electrons. The van der Waals surface area contributed by atoms with E-state index in [1.807, 2.05) is 0 Å². The first-order valence-electron chi connectivity index (χ1n) is 10.1. The Kier molecular flexibility index (Phi) is 10.4. The van der Waals surface area contributed by atoms with E-state index in [1.54, 1.807) is 25.5 Å². The molecule has 2 aromatic heterocycles. The van der Waals surface area contributed by atoms with E-state index in [2.05, 4.69) is 32.5 Å². The molecule has 7 nitrogen and oxygen atoms in total. The van der Waals surface area contributed by atoms with Crippen molar-refractivity contribution in [3.63, 3.8) is 0 Å². The SMILES string of the molecule is C(#CC1CC1)c1nn[c-]s1.COc1cnc(C(F)F)cc1-c1cc(N(C)C(C)=O)ccc1[C-]=O.[Ni+2]. The number of ether oxygens (including phenoxy) is 1. The van der Waals surface area contributed by atoms with Crippen molar-refractivity contribution < 1.29 is 39.6 Å². The van der Waals surface area contributed by atoms with Crippen molar-refractivity contribution >= 4 is 29.2 Å². The first kappa shape index (κ1) is 28.0. The molecule has 1 saturated carbocycles. The number of amides is 1. The number of rotatable bonds is 5. The van der Waals surface area contributed by atoms with E-state index in [9.17, 15) is 18.4 Å². The van der Waals surface area contributed by atoms with E-state index in [4.69, 9.17) is 4.74 Å². The molecule has 4 rings (SSSR count). The predicted octanol–water partition coefficient (Wildman–Crippen LogP) is 4.23. The van der Waals surface area contributed by atoms with Gasteiger partial charge in [0.2, 0.25) is 5.91 Å². The molecular weight excluding hydrogens is 521 g/mol. The summed E-state index contributed by atoms with van der Waals surface area (Å²) in [5.41, 5.74) is 3.50. The largest absolute Gasteiger partial charge is 2.00 e. The van der Waals surface area contributed by atoms with Gasteiger partial charge in [0.25, 0.3) is 6.43 Å². The van der Waals surface area contributed by atoms with Crippen LogP contribution in [0.15, 0.2) is 30.5 Å². The second-order valence-electron chi connectivity index (χ2n) is 7.26. The van der Waals surface area contributed by atoms with Gasteiger partial charge in [-0.1, -0.05) is 17.6 Å². The van der Waals surface area contributed by atoms with Crippen molar-refractivity contribution in [3.8, 4) is 28.7 Å².